The SMILES string of the molecule is C=CCNC(=O)c1cc(S(=O)(=O)N(CC)CC)ccc1F. The molecule has 0 bridgehead atoms. The molecule has 21 heavy (non-hydrogen) atoms. The number of halogens is 1. The number of carbonyl (C=O) groups is 1. The zero-order valence-corrected chi connectivity index (χ0v) is 12.9. The van der Waals surface area contributed by atoms with E-state index in [0.717, 1.165) is 18.2 Å². The number of hydrogen-bond acceptors (Lipinski definition) is 3. The van der Waals surface area contributed by atoms with Gasteiger partial charge in [0.05, 0.1) is 10.5 Å². The first-order chi connectivity index (χ1) is 9.88. The van der Waals surface area contributed by atoms with Crippen LogP contribution in [0.1, 0.15) is 24.2 Å². The van der Waals surface area contributed by atoms with Crippen LogP contribution < -0.4 is 5.32 Å². The van der Waals surface area contributed by atoms with Crippen molar-refractivity contribution in [1.82, 2.24) is 9.62 Å². The molecule has 0 spiro atoms. The maximum Gasteiger partial charge on any atom is 0.254 e. The molecule has 0 fully saturated rings. The highest BCUT2D eigenvalue weighted by Crippen LogP contribution is 2.19. The summed E-state index contributed by atoms with van der Waals surface area (Å²) in [5, 5.41) is 2.42. The van der Waals surface area contributed by atoms with Gasteiger partial charge in [-0.3, -0.25) is 4.79 Å². The fourth-order valence-electron chi connectivity index (χ4n) is 1.81. The zero-order chi connectivity index (χ0) is 16.0. The van der Waals surface area contributed by atoms with Gasteiger partial charge in [0.25, 0.3) is 5.91 Å². The van der Waals surface area contributed by atoms with E-state index in [-0.39, 0.29) is 17.0 Å². The lowest BCUT2D eigenvalue weighted by Crippen LogP contribution is -2.31. The summed E-state index contributed by atoms with van der Waals surface area (Å²) in [4.78, 5) is 11.7. The Balaban J connectivity index is 3.23. The minimum absolute atomic E-state index is 0.101. The molecule has 5 nitrogen and oxygen atoms in total. The van der Waals surface area contributed by atoms with Gasteiger partial charge < -0.3 is 5.32 Å². The quantitative estimate of drug-likeness (QED) is 0.780. The van der Waals surface area contributed by atoms with Crippen molar-refractivity contribution >= 4 is 15.9 Å². The number of benzene rings is 1. The Labute approximate surface area is 124 Å². The van der Waals surface area contributed by atoms with Gasteiger partial charge in [-0.1, -0.05) is 19.9 Å². The van der Waals surface area contributed by atoms with Crippen molar-refractivity contribution < 1.29 is 17.6 Å². The lowest BCUT2D eigenvalue weighted by molar-refractivity contribution is 0.0953. The number of amides is 1. The zero-order valence-electron chi connectivity index (χ0n) is 12.1. The van der Waals surface area contributed by atoms with Crippen LogP contribution in [0.25, 0.3) is 0 Å². The van der Waals surface area contributed by atoms with Crippen LogP contribution in [0, 0.1) is 5.82 Å². The van der Waals surface area contributed by atoms with Crippen LogP contribution in [0.5, 0.6) is 0 Å². The summed E-state index contributed by atoms with van der Waals surface area (Å²) in [6.45, 7) is 7.63. The van der Waals surface area contributed by atoms with Crippen molar-refractivity contribution in [3.8, 4) is 0 Å². The number of sulfonamides is 1. The van der Waals surface area contributed by atoms with E-state index < -0.39 is 21.7 Å². The molecule has 0 unspecified atom stereocenters. The van der Waals surface area contributed by atoms with E-state index in [1.54, 1.807) is 13.8 Å². The van der Waals surface area contributed by atoms with E-state index in [0.29, 0.717) is 13.1 Å². The van der Waals surface area contributed by atoms with Gasteiger partial charge in [0.15, 0.2) is 0 Å². The molecular weight excluding hydrogens is 295 g/mol. The van der Waals surface area contributed by atoms with Crippen molar-refractivity contribution in [2.45, 2.75) is 18.7 Å². The molecule has 0 saturated heterocycles. The highest BCUT2D eigenvalue weighted by Gasteiger charge is 2.24. The van der Waals surface area contributed by atoms with Gasteiger partial charge in [-0.05, 0) is 18.2 Å². The molecule has 0 aliphatic rings. The minimum Gasteiger partial charge on any atom is -0.348 e. The van der Waals surface area contributed by atoms with Crippen LogP contribution in [0.3, 0.4) is 0 Å². The molecule has 7 heteroatoms. The second-order valence-corrected chi connectivity index (χ2v) is 6.17. The van der Waals surface area contributed by atoms with E-state index in [1.807, 2.05) is 0 Å². The number of nitrogens with zero attached hydrogens (tertiary/aromatic N) is 1. The van der Waals surface area contributed by atoms with Crippen molar-refractivity contribution in [2.24, 2.45) is 0 Å². The predicted octanol–water partition coefficient (Wildman–Crippen LogP) is 1.77. The minimum atomic E-state index is -3.73. The molecule has 1 rings (SSSR count). The van der Waals surface area contributed by atoms with Gasteiger partial charge in [-0.25, -0.2) is 12.8 Å². The smallest absolute Gasteiger partial charge is 0.254 e. The average molecular weight is 314 g/mol. The maximum absolute atomic E-state index is 13.7. The van der Waals surface area contributed by atoms with Crippen molar-refractivity contribution in [3.05, 3.63) is 42.2 Å². The van der Waals surface area contributed by atoms with Crippen LogP contribution in [-0.4, -0.2) is 38.3 Å². The highest BCUT2D eigenvalue weighted by molar-refractivity contribution is 7.89. The fraction of sp³-hybridized carbons (Fsp3) is 0.357. The molecule has 1 aromatic carbocycles. The second kappa shape index (κ2) is 7.33. The Morgan fingerprint density at radius 3 is 2.52 bits per heavy atom. The van der Waals surface area contributed by atoms with Crippen LogP contribution in [0.4, 0.5) is 4.39 Å². The predicted molar refractivity (Wildman–Crippen MR) is 79.0 cm³/mol. The van der Waals surface area contributed by atoms with Gasteiger partial charge in [-0.2, -0.15) is 4.31 Å². The van der Waals surface area contributed by atoms with E-state index >= 15 is 0 Å². The van der Waals surface area contributed by atoms with E-state index in [2.05, 4.69) is 11.9 Å². The van der Waals surface area contributed by atoms with Gasteiger partial charge in [0.2, 0.25) is 10.0 Å². The molecule has 0 aliphatic heterocycles. The molecule has 1 aromatic rings. The van der Waals surface area contributed by atoms with E-state index in [1.165, 1.54) is 10.4 Å². The first-order valence-electron chi connectivity index (χ1n) is 6.57. The first-order valence-corrected chi connectivity index (χ1v) is 8.01. The summed E-state index contributed by atoms with van der Waals surface area (Å²) in [6, 6.07) is 3.20. The van der Waals surface area contributed by atoms with Gasteiger partial charge in [-0.15, -0.1) is 6.58 Å². The number of hydrogen-bond donors (Lipinski definition) is 1. The van der Waals surface area contributed by atoms with Gasteiger partial charge >= 0.3 is 0 Å². The molecule has 1 N–H and O–H groups in total. The fourth-order valence-corrected chi connectivity index (χ4v) is 3.30. The van der Waals surface area contributed by atoms with Crippen LogP contribution >= 0.6 is 0 Å². The number of nitrogens with one attached hydrogen (secondary N) is 1. The number of carbonyl (C=O) groups excluding carboxylic acids is 1. The third kappa shape index (κ3) is 3.89. The van der Waals surface area contributed by atoms with Crippen molar-refractivity contribution in [3.63, 3.8) is 0 Å². The topological polar surface area (TPSA) is 66.5 Å². The van der Waals surface area contributed by atoms with Crippen molar-refractivity contribution in [2.75, 3.05) is 19.6 Å². The molecule has 1 amide bonds. The molecule has 0 radical (unpaired) electrons. The first kappa shape index (κ1) is 17.3. The third-order valence-corrected chi connectivity index (χ3v) is 4.98. The third-order valence-electron chi connectivity index (χ3n) is 2.93. The molecule has 0 aliphatic carbocycles. The largest absolute Gasteiger partial charge is 0.348 e. The van der Waals surface area contributed by atoms with Gasteiger partial charge in [0.1, 0.15) is 5.82 Å². The summed E-state index contributed by atoms with van der Waals surface area (Å²) in [5.74, 6) is -1.45. The Bertz CT molecular complexity index is 625. The summed E-state index contributed by atoms with van der Waals surface area (Å²) < 4.78 is 39.6. The summed E-state index contributed by atoms with van der Waals surface area (Å²) >= 11 is 0. The summed E-state index contributed by atoms with van der Waals surface area (Å²) in [7, 11) is -3.73. The standard InChI is InChI=1S/C14H19FN2O3S/c1-4-9-16-14(18)12-10-11(7-8-13(12)15)21(19,20)17(5-2)6-3/h4,7-8,10H,1,5-6,9H2,2-3H3,(H,16,18). The molecule has 116 valence electrons. The number of rotatable bonds is 7. The molecule has 0 atom stereocenters. The lowest BCUT2D eigenvalue weighted by atomic mass is 10.2. The average Bonchev–Trinajstić information content (AvgIpc) is 2.46. The maximum atomic E-state index is 13.7. The Hall–Kier alpha value is -1.73. The molecule has 0 saturated carbocycles. The van der Waals surface area contributed by atoms with Crippen LogP contribution in [0.2, 0.25) is 0 Å². The van der Waals surface area contributed by atoms with Crippen LogP contribution in [-0.2, 0) is 10.0 Å². The molecule has 0 heterocycles. The van der Waals surface area contributed by atoms with Gasteiger partial charge in [0, 0.05) is 19.6 Å². The van der Waals surface area contributed by atoms with Crippen LogP contribution in [0.15, 0.2) is 35.7 Å². The Morgan fingerprint density at radius 1 is 1.38 bits per heavy atom. The summed E-state index contributed by atoms with van der Waals surface area (Å²) in [6.07, 6.45) is 1.45. The Kier molecular flexibility index (Phi) is 6.04. The highest BCUT2D eigenvalue weighted by atomic mass is 32.2. The van der Waals surface area contributed by atoms with Crippen molar-refractivity contribution in [1.29, 1.82) is 0 Å². The second-order valence-electron chi connectivity index (χ2n) is 4.23. The molecular formula is C14H19FN2O3S. The van der Waals surface area contributed by atoms with E-state index in [4.69, 9.17) is 0 Å². The Morgan fingerprint density at radius 2 is 2.00 bits per heavy atom. The lowest BCUT2D eigenvalue weighted by Gasteiger charge is -2.18. The molecule has 0 aromatic heterocycles. The summed E-state index contributed by atoms with van der Waals surface area (Å²) in [5.41, 5.74) is -0.301. The normalized spacial score (nSPS) is 11.4. The monoisotopic (exact) mass is 314 g/mol. The van der Waals surface area contributed by atoms with E-state index in [9.17, 15) is 17.6 Å².